The van der Waals surface area contributed by atoms with Crippen molar-refractivity contribution in [2.45, 2.75) is 110 Å². The van der Waals surface area contributed by atoms with Gasteiger partial charge in [-0.1, -0.05) is 95.9 Å². The first-order chi connectivity index (χ1) is 13.3. The first-order valence-corrected chi connectivity index (χ1v) is 12.3. The molecule has 2 fully saturated rings. The summed E-state index contributed by atoms with van der Waals surface area (Å²) in [6, 6.07) is 9.58. The van der Waals surface area contributed by atoms with Gasteiger partial charge in [-0.15, -0.1) is 0 Å². The Bertz CT molecular complexity index is 497. The van der Waals surface area contributed by atoms with Crippen molar-refractivity contribution >= 4 is 0 Å². The fraction of sp³-hybridized carbons (Fsp3) is 0.778. The van der Waals surface area contributed by atoms with Gasteiger partial charge in [0.1, 0.15) is 0 Å². The van der Waals surface area contributed by atoms with Crippen molar-refractivity contribution in [3.63, 3.8) is 0 Å². The summed E-state index contributed by atoms with van der Waals surface area (Å²) >= 11 is 0. The van der Waals surface area contributed by atoms with Crippen LogP contribution >= 0.6 is 0 Å². The van der Waals surface area contributed by atoms with Gasteiger partial charge in [0.2, 0.25) is 0 Å². The number of hydrogen-bond donors (Lipinski definition) is 0. The minimum atomic E-state index is 0.947. The predicted octanol–water partition coefficient (Wildman–Crippen LogP) is 8.37. The lowest BCUT2D eigenvalue weighted by Gasteiger charge is -2.34. The second-order valence-corrected chi connectivity index (χ2v) is 9.92. The van der Waals surface area contributed by atoms with Crippen LogP contribution in [0.25, 0.3) is 0 Å². The molecular formula is C27H44. The summed E-state index contributed by atoms with van der Waals surface area (Å²) in [6.07, 6.45) is 21.7. The summed E-state index contributed by atoms with van der Waals surface area (Å²) in [6.45, 7) is 4.63. The van der Waals surface area contributed by atoms with Crippen molar-refractivity contribution in [3.05, 3.63) is 35.4 Å². The summed E-state index contributed by atoms with van der Waals surface area (Å²) in [5.41, 5.74) is 3.10. The van der Waals surface area contributed by atoms with E-state index in [0.29, 0.717) is 0 Å². The second-order valence-electron chi connectivity index (χ2n) is 9.92. The first kappa shape index (κ1) is 20.9. The van der Waals surface area contributed by atoms with Gasteiger partial charge in [-0.05, 0) is 73.3 Å². The molecule has 0 nitrogen and oxygen atoms in total. The van der Waals surface area contributed by atoms with Gasteiger partial charge in [-0.3, -0.25) is 0 Å². The SMILES string of the molecule is CCCCc1ccc(C[C@H]2CC[C@H](CC3CCC(CCC)CC3)CC2)cc1. The molecule has 0 spiro atoms. The summed E-state index contributed by atoms with van der Waals surface area (Å²) in [5, 5.41) is 0. The number of benzene rings is 1. The van der Waals surface area contributed by atoms with Crippen LogP contribution in [0.1, 0.15) is 108 Å². The van der Waals surface area contributed by atoms with E-state index in [1.165, 1.54) is 95.5 Å². The van der Waals surface area contributed by atoms with Crippen molar-refractivity contribution in [3.8, 4) is 0 Å². The average Bonchev–Trinajstić information content (AvgIpc) is 2.71. The maximum absolute atomic E-state index is 2.41. The van der Waals surface area contributed by atoms with Gasteiger partial charge in [-0.25, -0.2) is 0 Å². The standard InChI is InChI=1S/C27H44/c1-3-5-7-23-10-14-25(15-11-23)21-27-18-16-26(17-19-27)20-24-12-8-22(6-4-2)9-13-24/h10-11,14-15,22,24,26-27H,3-9,12-13,16-21H2,1-2H3/t22?,24?,26-,27-. The molecular weight excluding hydrogens is 324 g/mol. The van der Waals surface area contributed by atoms with Crippen LogP contribution < -0.4 is 0 Å². The van der Waals surface area contributed by atoms with Crippen molar-refractivity contribution in [1.29, 1.82) is 0 Å². The highest BCUT2D eigenvalue weighted by molar-refractivity contribution is 5.23. The summed E-state index contributed by atoms with van der Waals surface area (Å²) in [4.78, 5) is 0. The van der Waals surface area contributed by atoms with Crippen LogP contribution in [0.2, 0.25) is 0 Å². The highest BCUT2D eigenvalue weighted by Crippen LogP contribution is 2.39. The maximum atomic E-state index is 2.41. The summed E-state index contributed by atoms with van der Waals surface area (Å²) in [5.74, 6) is 4.12. The molecule has 0 amide bonds. The third-order valence-electron chi connectivity index (χ3n) is 7.66. The molecule has 0 N–H and O–H groups in total. The van der Waals surface area contributed by atoms with Crippen LogP contribution in [0, 0.1) is 23.7 Å². The molecule has 2 saturated carbocycles. The smallest absolute Gasteiger partial charge is 0.0250 e. The molecule has 0 aromatic heterocycles. The van der Waals surface area contributed by atoms with Gasteiger partial charge >= 0.3 is 0 Å². The number of rotatable bonds is 9. The topological polar surface area (TPSA) is 0 Å². The Morgan fingerprint density at radius 3 is 1.70 bits per heavy atom. The van der Waals surface area contributed by atoms with E-state index >= 15 is 0 Å². The number of aryl methyl sites for hydroxylation is 1. The van der Waals surface area contributed by atoms with E-state index in [9.17, 15) is 0 Å². The minimum absolute atomic E-state index is 0.947. The lowest BCUT2D eigenvalue weighted by atomic mass is 9.72. The largest absolute Gasteiger partial charge is 0.0654 e. The van der Waals surface area contributed by atoms with Crippen LogP contribution in [0.3, 0.4) is 0 Å². The summed E-state index contributed by atoms with van der Waals surface area (Å²) in [7, 11) is 0. The molecule has 1 aromatic rings. The molecule has 152 valence electrons. The van der Waals surface area contributed by atoms with Crippen LogP contribution in [-0.4, -0.2) is 0 Å². The van der Waals surface area contributed by atoms with E-state index in [1.54, 1.807) is 12.0 Å². The minimum Gasteiger partial charge on any atom is -0.0654 e. The van der Waals surface area contributed by atoms with Gasteiger partial charge in [-0.2, -0.15) is 0 Å². The zero-order valence-electron chi connectivity index (χ0n) is 18.2. The fourth-order valence-electron chi connectivity index (χ4n) is 5.86. The van der Waals surface area contributed by atoms with E-state index in [1.807, 2.05) is 0 Å². The van der Waals surface area contributed by atoms with Crippen LogP contribution in [-0.2, 0) is 12.8 Å². The molecule has 0 heterocycles. The molecule has 0 atom stereocenters. The molecule has 0 saturated heterocycles. The molecule has 0 unspecified atom stereocenters. The molecule has 1 aromatic carbocycles. The monoisotopic (exact) mass is 368 g/mol. The van der Waals surface area contributed by atoms with Crippen molar-refractivity contribution in [1.82, 2.24) is 0 Å². The summed E-state index contributed by atoms with van der Waals surface area (Å²) < 4.78 is 0. The fourth-order valence-corrected chi connectivity index (χ4v) is 5.86. The van der Waals surface area contributed by atoms with Crippen LogP contribution in [0.5, 0.6) is 0 Å². The molecule has 3 rings (SSSR count). The third-order valence-corrected chi connectivity index (χ3v) is 7.66. The average molecular weight is 369 g/mol. The molecule has 2 aliphatic carbocycles. The molecule has 2 aliphatic rings. The first-order valence-electron chi connectivity index (χ1n) is 12.3. The molecule has 0 aliphatic heterocycles. The lowest BCUT2D eigenvalue weighted by molar-refractivity contribution is 0.187. The second kappa shape index (κ2) is 11.3. The van der Waals surface area contributed by atoms with E-state index in [2.05, 4.69) is 38.1 Å². The Hall–Kier alpha value is -0.780. The number of unbranched alkanes of at least 4 members (excludes halogenated alkanes) is 1. The zero-order chi connectivity index (χ0) is 18.9. The Balaban J connectivity index is 1.34. The van der Waals surface area contributed by atoms with Gasteiger partial charge in [0, 0.05) is 0 Å². The van der Waals surface area contributed by atoms with Gasteiger partial charge in [0.15, 0.2) is 0 Å². The third kappa shape index (κ3) is 6.95. The van der Waals surface area contributed by atoms with Crippen molar-refractivity contribution in [2.24, 2.45) is 23.7 Å². The van der Waals surface area contributed by atoms with E-state index in [4.69, 9.17) is 0 Å². The van der Waals surface area contributed by atoms with Crippen LogP contribution in [0.4, 0.5) is 0 Å². The molecule has 0 radical (unpaired) electrons. The Morgan fingerprint density at radius 1 is 0.630 bits per heavy atom. The van der Waals surface area contributed by atoms with Crippen molar-refractivity contribution < 1.29 is 0 Å². The quantitative estimate of drug-likeness (QED) is 0.410. The Morgan fingerprint density at radius 2 is 1.15 bits per heavy atom. The predicted molar refractivity (Wildman–Crippen MR) is 119 cm³/mol. The molecule has 0 bridgehead atoms. The van der Waals surface area contributed by atoms with E-state index < -0.39 is 0 Å². The maximum Gasteiger partial charge on any atom is -0.0250 e. The zero-order valence-corrected chi connectivity index (χ0v) is 18.2. The Kier molecular flexibility index (Phi) is 8.75. The van der Waals surface area contributed by atoms with Gasteiger partial charge in [0.05, 0.1) is 0 Å². The van der Waals surface area contributed by atoms with Crippen molar-refractivity contribution in [2.75, 3.05) is 0 Å². The Labute approximate surface area is 169 Å². The van der Waals surface area contributed by atoms with Gasteiger partial charge < -0.3 is 0 Å². The van der Waals surface area contributed by atoms with Crippen LogP contribution in [0.15, 0.2) is 24.3 Å². The van der Waals surface area contributed by atoms with E-state index in [0.717, 1.165) is 23.7 Å². The van der Waals surface area contributed by atoms with E-state index in [-0.39, 0.29) is 0 Å². The normalized spacial score (nSPS) is 29.0. The highest BCUT2D eigenvalue weighted by atomic mass is 14.3. The lowest BCUT2D eigenvalue weighted by Crippen LogP contribution is -2.21. The molecule has 27 heavy (non-hydrogen) atoms. The molecule has 0 heteroatoms. The van der Waals surface area contributed by atoms with Gasteiger partial charge in [0.25, 0.3) is 0 Å². The number of hydrogen-bond acceptors (Lipinski definition) is 0. The highest BCUT2D eigenvalue weighted by Gasteiger charge is 2.26.